The second kappa shape index (κ2) is 8.56. The highest BCUT2D eigenvalue weighted by molar-refractivity contribution is 5.94. The predicted molar refractivity (Wildman–Crippen MR) is 122 cm³/mol. The molecule has 2 aromatic carbocycles. The van der Waals surface area contributed by atoms with Crippen molar-refractivity contribution in [2.24, 2.45) is 0 Å². The SMILES string of the molecule is COCCOc1ccc(C(=O)N2CCC3(CC2)Oc2cc(F)ccc2-n2cccc23)cc1C. The number of nitrogens with zero attached hydrogens (tertiary/aromatic N) is 2. The zero-order valence-electron chi connectivity index (χ0n) is 18.8. The van der Waals surface area contributed by atoms with Crippen LogP contribution in [0.4, 0.5) is 4.39 Å². The first-order chi connectivity index (χ1) is 16.0. The molecule has 33 heavy (non-hydrogen) atoms. The standard InChI is InChI=1S/C26H27FN2O4/c1-18-16-19(5-8-22(18)32-15-14-31-2)25(30)28-12-9-26(10-13-28)24-4-3-11-29(24)21-7-6-20(27)17-23(21)33-26/h3-8,11,16-17H,9-10,12-15H2,1-2H3. The molecule has 0 aliphatic carbocycles. The molecule has 0 unspecified atom stereocenters. The maximum absolute atomic E-state index is 13.9. The van der Waals surface area contributed by atoms with Gasteiger partial charge in [0, 0.05) is 50.9 Å². The number of piperidine rings is 1. The molecule has 5 rings (SSSR count). The normalized spacial score (nSPS) is 16.2. The number of benzene rings is 2. The number of rotatable bonds is 5. The molecule has 0 atom stereocenters. The monoisotopic (exact) mass is 450 g/mol. The van der Waals surface area contributed by atoms with Crippen molar-refractivity contribution in [2.45, 2.75) is 25.4 Å². The molecule has 3 aromatic rings. The Hall–Kier alpha value is -3.32. The highest BCUT2D eigenvalue weighted by Crippen LogP contribution is 2.45. The van der Waals surface area contributed by atoms with Crippen LogP contribution >= 0.6 is 0 Å². The minimum Gasteiger partial charge on any atom is -0.491 e. The summed E-state index contributed by atoms with van der Waals surface area (Å²) in [6.07, 6.45) is 3.25. The van der Waals surface area contributed by atoms with Gasteiger partial charge in [-0.2, -0.15) is 0 Å². The van der Waals surface area contributed by atoms with E-state index < -0.39 is 5.60 Å². The molecule has 7 heteroatoms. The van der Waals surface area contributed by atoms with Gasteiger partial charge >= 0.3 is 0 Å². The maximum atomic E-state index is 13.9. The lowest BCUT2D eigenvalue weighted by Crippen LogP contribution is -2.50. The second-order valence-electron chi connectivity index (χ2n) is 8.59. The molecule has 6 nitrogen and oxygen atoms in total. The number of halogens is 1. The molecule has 1 spiro atoms. The van der Waals surface area contributed by atoms with Crippen LogP contribution in [-0.4, -0.2) is 48.8 Å². The Morgan fingerprint density at radius 3 is 2.70 bits per heavy atom. The summed E-state index contributed by atoms with van der Waals surface area (Å²) in [6, 6.07) is 14.2. The summed E-state index contributed by atoms with van der Waals surface area (Å²) in [5.74, 6) is 0.966. The average molecular weight is 451 g/mol. The fourth-order valence-corrected chi connectivity index (χ4v) is 4.78. The van der Waals surface area contributed by atoms with E-state index in [0.717, 1.165) is 22.7 Å². The van der Waals surface area contributed by atoms with E-state index in [9.17, 15) is 9.18 Å². The largest absolute Gasteiger partial charge is 0.491 e. The highest BCUT2D eigenvalue weighted by Gasteiger charge is 2.44. The summed E-state index contributed by atoms with van der Waals surface area (Å²) >= 11 is 0. The van der Waals surface area contributed by atoms with E-state index in [1.54, 1.807) is 13.2 Å². The molecule has 1 fully saturated rings. The molecular formula is C26H27FN2O4. The van der Waals surface area contributed by atoms with Crippen molar-refractivity contribution in [3.8, 4) is 17.2 Å². The van der Waals surface area contributed by atoms with Crippen LogP contribution in [0.15, 0.2) is 54.7 Å². The average Bonchev–Trinajstić information content (AvgIpc) is 3.31. The molecule has 0 bridgehead atoms. The Labute approximate surface area is 192 Å². The number of carbonyl (C=O) groups excluding carboxylic acids is 1. The van der Waals surface area contributed by atoms with Crippen LogP contribution in [0.1, 0.15) is 34.5 Å². The van der Waals surface area contributed by atoms with Gasteiger partial charge in [-0.15, -0.1) is 0 Å². The Kier molecular flexibility index (Phi) is 5.58. The number of aromatic nitrogens is 1. The first-order valence-electron chi connectivity index (χ1n) is 11.2. The van der Waals surface area contributed by atoms with E-state index in [4.69, 9.17) is 14.2 Å². The van der Waals surface area contributed by atoms with Crippen molar-refractivity contribution in [3.05, 3.63) is 77.4 Å². The fourth-order valence-electron chi connectivity index (χ4n) is 4.78. The van der Waals surface area contributed by atoms with E-state index in [-0.39, 0.29) is 11.7 Å². The van der Waals surface area contributed by atoms with Gasteiger partial charge in [-0.3, -0.25) is 4.79 Å². The highest BCUT2D eigenvalue weighted by atomic mass is 19.1. The third-order valence-corrected chi connectivity index (χ3v) is 6.53. The topological polar surface area (TPSA) is 52.9 Å². The fraction of sp³-hybridized carbons (Fsp3) is 0.346. The Morgan fingerprint density at radius 2 is 1.94 bits per heavy atom. The van der Waals surface area contributed by atoms with Gasteiger partial charge in [-0.25, -0.2) is 4.39 Å². The summed E-state index contributed by atoms with van der Waals surface area (Å²) in [5, 5.41) is 0. The smallest absolute Gasteiger partial charge is 0.253 e. The number of carbonyl (C=O) groups is 1. The van der Waals surface area contributed by atoms with Crippen molar-refractivity contribution in [1.82, 2.24) is 9.47 Å². The van der Waals surface area contributed by atoms with Crippen molar-refractivity contribution >= 4 is 5.91 Å². The first kappa shape index (κ1) is 21.5. The van der Waals surface area contributed by atoms with Crippen LogP contribution in [0.2, 0.25) is 0 Å². The lowest BCUT2D eigenvalue weighted by atomic mass is 9.86. The predicted octanol–water partition coefficient (Wildman–Crippen LogP) is 4.47. The van der Waals surface area contributed by atoms with Gasteiger partial charge in [0.2, 0.25) is 0 Å². The lowest BCUT2D eigenvalue weighted by molar-refractivity contribution is -0.00950. The molecule has 0 saturated carbocycles. The van der Waals surface area contributed by atoms with E-state index in [2.05, 4.69) is 10.6 Å². The second-order valence-corrected chi connectivity index (χ2v) is 8.59. The van der Waals surface area contributed by atoms with Gasteiger partial charge in [0.25, 0.3) is 5.91 Å². The van der Waals surface area contributed by atoms with Gasteiger partial charge < -0.3 is 23.7 Å². The van der Waals surface area contributed by atoms with Gasteiger partial charge in [0.15, 0.2) is 5.60 Å². The Bertz CT molecular complexity index is 1180. The van der Waals surface area contributed by atoms with Crippen LogP contribution in [0.25, 0.3) is 5.69 Å². The quantitative estimate of drug-likeness (QED) is 0.538. The lowest BCUT2D eigenvalue weighted by Gasteiger charge is -2.45. The summed E-state index contributed by atoms with van der Waals surface area (Å²) in [5.41, 5.74) is 2.86. The van der Waals surface area contributed by atoms with E-state index in [1.807, 2.05) is 42.3 Å². The third kappa shape index (κ3) is 3.86. The Balaban J connectivity index is 1.31. The first-order valence-corrected chi connectivity index (χ1v) is 11.2. The number of hydrogen-bond donors (Lipinski definition) is 0. The van der Waals surface area contributed by atoms with Crippen LogP contribution < -0.4 is 9.47 Å². The molecular weight excluding hydrogens is 423 g/mol. The molecule has 1 amide bonds. The van der Waals surface area contributed by atoms with Crippen LogP contribution in [0.5, 0.6) is 11.5 Å². The molecule has 0 N–H and O–H groups in total. The number of methoxy groups -OCH3 is 1. The zero-order valence-corrected chi connectivity index (χ0v) is 18.8. The number of likely N-dealkylation sites (tertiary alicyclic amines) is 1. The number of amides is 1. The summed E-state index contributed by atoms with van der Waals surface area (Å²) in [7, 11) is 1.63. The number of fused-ring (bicyclic) bond motifs is 4. The summed E-state index contributed by atoms with van der Waals surface area (Å²) in [6.45, 7) is 4.02. The number of ether oxygens (including phenoxy) is 3. The molecule has 1 saturated heterocycles. The summed E-state index contributed by atoms with van der Waals surface area (Å²) in [4.78, 5) is 15.1. The van der Waals surface area contributed by atoms with Gasteiger partial charge in [0.1, 0.15) is 23.9 Å². The van der Waals surface area contributed by atoms with Crippen molar-refractivity contribution < 1.29 is 23.4 Å². The minimum absolute atomic E-state index is 0.00553. The van der Waals surface area contributed by atoms with E-state index in [0.29, 0.717) is 50.5 Å². The molecule has 3 heterocycles. The summed E-state index contributed by atoms with van der Waals surface area (Å²) < 4.78 is 33.1. The van der Waals surface area contributed by atoms with Gasteiger partial charge in [0.05, 0.1) is 18.0 Å². The molecule has 1 aromatic heterocycles. The maximum Gasteiger partial charge on any atom is 0.253 e. The molecule has 2 aliphatic heterocycles. The van der Waals surface area contributed by atoms with Crippen LogP contribution in [0.3, 0.4) is 0 Å². The van der Waals surface area contributed by atoms with Gasteiger partial charge in [-0.05, 0) is 55.0 Å². The van der Waals surface area contributed by atoms with Crippen LogP contribution in [0, 0.1) is 12.7 Å². The molecule has 2 aliphatic rings. The van der Waals surface area contributed by atoms with Gasteiger partial charge in [-0.1, -0.05) is 0 Å². The van der Waals surface area contributed by atoms with Crippen molar-refractivity contribution in [1.29, 1.82) is 0 Å². The van der Waals surface area contributed by atoms with Crippen molar-refractivity contribution in [2.75, 3.05) is 33.4 Å². The molecule has 0 radical (unpaired) electrons. The van der Waals surface area contributed by atoms with E-state index >= 15 is 0 Å². The molecule has 172 valence electrons. The van der Waals surface area contributed by atoms with Crippen LogP contribution in [-0.2, 0) is 10.3 Å². The minimum atomic E-state index is -0.573. The third-order valence-electron chi connectivity index (χ3n) is 6.53. The van der Waals surface area contributed by atoms with Crippen molar-refractivity contribution in [3.63, 3.8) is 0 Å². The Morgan fingerprint density at radius 1 is 1.12 bits per heavy atom. The van der Waals surface area contributed by atoms with E-state index in [1.165, 1.54) is 12.1 Å². The number of aryl methyl sites for hydroxylation is 1. The zero-order chi connectivity index (χ0) is 23.0. The number of hydrogen-bond acceptors (Lipinski definition) is 4.